The first-order chi connectivity index (χ1) is 21.5. The van der Waals surface area contributed by atoms with Crippen molar-refractivity contribution in [3.05, 3.63) is 94.1 Å². The van der Waals surface area contributed by atoms with Gasteiger partial charge in [-0.3, -0.25) is 4.98 Å². The second kappa shape index (κ2) is 9.29. The fourth-order valence-electron chi connectivity index (χ4n) is 4.21. The Bertz CT molecular complexity index is 1980. The van der Waals surface area contributed by atoms with Gasteiger partial charge in [-0.1, -0.05) is 74.9 Å². The van der Waals surface area contributed by atoms with E-state index in [1.807, 2.05) is 0 Å². The highest BCUT2D eigenvalue weighted by Crippen LogP contribution is 2.37. The lowest BCUT2D eigenvalue weighted by Crippen LogP contribution is -2.08. The number of rotatable bonds is 4. The second-order valence-electron chi connectivity index (χ2n) is 9.97. The Labute approximate surface area is 234 Å². The smallest absolute Gasteiger partial charge is 0.0944 e. The van der Waals surface area contributed by atoms with Gasteiger partial charge in [0.15, 0.2) is 0 Å². The Morgan fingerprint density at radius 1 is 0.833 bits per heavy atom. The van der Waals surface area contributed by atoms with Gasteiger partial charge in [-0.15, -0.1) is 11.3 Å². The Hall–Kier alpha value is -3.30. The van der Waals surface area contributed by atoms with Crippen LogP contribution in [0.4, 0.5) is 0 Å². The fraction of sp³-hybridized carbons (Fsp3) is 0.273. The van der Waals surface area contributed by atoms with Gasteiger partial charge in [0.05, 0.1) is 20.9 Å². The molecule has 36 heavy (non-hydrogen) atoms. The van der Waals surface area contributed by atoms with E-state index in [2.05, 4.69) is 9.97 Å². The van der Waals surface area contributed by atoms with E-state index in [-0.39, 0.29) is 27.8 Å². The normalized spacial score (nSPS) is 17.8. The molecule has 3 aromatic carbocycles. The van der Waals surface area contributed by atoms with Crippen LogP contribution in [0, 0.1) is 32.9 Å². The molecule has 0 radical (unpaired) electrons. The zero-order chi connectivity index (χ0) is 34.9. The molecule has 0 spiro atoms. The van der Waals surface area contributed by atoms with Gasteiger partial charge in [0.1, 0.15) is 0 Å². The molecular formula is C33H34N2S. The zero-order valence-electron chi connectivity index (χ0n) is 31.7. The molecule has 0 unspecified atom stereocenters. The Kier molecular flexibility index (Phi) is 3.73. The van der Waals surface area contributed by atoms with E-state index in [1.54, 1.807) is 76.2 Å². The average molecular weight is 502 g/mol. The van der Waals surface area contributed by atoms with Gasteiger partial charge in [0.25, 0.3) is 0 Å². The quantitative estimate of drug-likeness (QED) is 0.245. The summed E-state index contributed by atoms with van der Waals surface area (Å²) in [4.78, 5) is 9.10. The van der Waals surface area contributed by atoms with Gasteiger partial charge in [-0.05, 0) is 84.0 Å². The molecular weight excluding hydrogens is 456 g/mol. The van der Waals surface area contributed by atoms with Gasteiger partial charge in [0, 0.05) is 33.2 Å². The number of nitrogens with zero attached hydrogens (tertiary/aromatic N) is 2. The molecule has 5 aromatic rings. The number of pyridine rings is 1. The number of benzene rings is 3. The van der Waals surface area contributed by atoms with Crippen molar-refractivity contribution in [3.63, 3.8) is 0 Å². The highest BCUT2D eigenvalue weighted by Gasteiger charge is 2.18. The molecule has 0 N–H and O–H groups in total. The summed E-state index contributed by atoms with van der Waals surface area (Å²) in [5.41, 5.74) is 2.42. The molecule has 0 fully saturated rings. The molecule has 0 saturated heterocycles. The molecule has 0 bridgehead atoms. The van der Waals surface area contributed by atoms with Crippen LogP contribution >= 0.6 is 11.3 Å². The molecule has 2 nitrogen and oxygen atoms in total. The lowest BCUT2D eigenvalue weighted by molar-refractivity contribution is 0.411. The Morgan fingerprint density at radius 2 is 1.61 bits per heavy atom. The predicted octanol–water partition coefficient (Wildman–Crippen LogP) is 9.51. The molecule has 2 aromatic heterocycles. The summed E-state index contributed by atoms with van der Waals surface area (Å²) in [5.74, 6) is 0. The molecule has 2 heterocycles. The third kappa shape index (κ3) is 4.85. The van der Waals surface area contributed by atoms with Crippen LogP contribution in [0.15, 0.2) is 66.9 Å². The highest BCUT2D eigenvalue weighted by atomic mass is 32.1. The van der Waals surface area contributed by atoms with Crippen molar-refractivity contribution in [2.45, 2.75) is 54.6 Å². The summed E-state index contributed by atoms with van der Waals surface area (Å²) < 4.78 is 92.4. The monoisotopic (exact) mass is 501 g/mol. The van der Waals surface area contributed by atoms with E-state index in [4.69, 9.17) is 15.1 Å². The molecule has 0 aliphatic rings. The second-order valence-corrected chi connectivity index (χ2v) is 11.0. The van der Waals surface area contributed by atoms with Gasteiger partial charge in [-0.25, -0.2) is 4.98 Å². The van der Waals surface area contributed by atoms with Crippen molar-refractivity contribution in [2.24, 2.45) is 5.41 Å². The van der Waals surface area contributed by atoms with Crippen LogP contribution in [-0.4, -0.2) is 9.97 Å². The number of fused-ring (bicyclic) bond motifs is 1. The summed E-state index contributed by atoms with van der Waals surface area (Å²) >= 11 is 1.20. The maximum Gasteiger partial charge on any atom is 0.0944 e. The van der Waals surface area contributed by atoms with E-state index < -0.39 is 32.3 Å². The summed E-state index contributed by atoms with van der Waals surface area (Å²) in [6.45, 7) is -0.575. The molecule has 0 atom stereocenters. The summed E-state index contributed by atoms with van der Waals surface area (Å²) in [5, 5.41) is 0.305. The van der Waals surface area contributed by atoms with E-state index >= 15 is 0 Å². The molecule has 182 valence electrons. The maximum atomic E-state index is 8.74. The number of hydrogen-bond acceptors (Lipinski definition) is 3. The summed E-state index contributed by atoms with van der Waals surface area (Å²) in [6, 6.07) is 16.4. The van der Waals surface area contributed by atoms with Crippen molar-refractivity contribution >= 4 is 21.6 Å². The lowest BCUT2D eigenvalue weighted by Gasteiger charge is -2.15. The van der Waals surface area contributed by atoms with Crippen molar-refractivity contribution in [3.8, 4) is 33.5 Å². The molecule has 0 aliphatic carbocycles. The number of hydrogen-bond donors (Lipinski definition) is 0. The van der Waals surface area contributed by atoms with Crippen LogP contribution in [0.25, 0.3) is 43.7 Å². The number of aryl methyl sites for hydroxylation is 4. The standard InChI is InChI=1S/C33H34N2S/c1-20-11-13-25(21(2)15-20)24-12-14-26(22(3)16-24)28-17-30(34-19-23(28)4)27-9-8-10-29-32(27)36-31(35-29)18-33(5,6)7/h8-17,19H,18H2,1-7H3/i2D3,3D3,4D3,18D2. The molecule has 0 saturated carbocycles. The van der Waals surface area contributed by atoms with Crippen LogP contribution in [0.5, 0.6) is 0 Å². The number of aromatic nitrogens is 2. The molecule has 5 rings (SSSR count). The summed E-state index contributed by atoms with van der Waals surface area (Å²) in [7, 11) is 0. The first kappa shape index (κ1) is 14.4. The minimum Gasteiger partial charge on any atom is -0.256 e. The van der Waals surface area contributed by atoms with Crippen LogP contribution in [0.1, 0.15) is 63.1 Å². The Balaban J connectivity index is 1.75. The third-order valence-electron chi connectivity index (χ3n) is 5.87. The van der Waals surface area contributed by atoms with Crippen LogP contribution < -0.4 is 0 Å². The molecule has 3 heteroatoms. The minimum atomic E-state index is -2.68. The van der Waals surface area contributed by atoms with Crippen LogP contribution in [0.3, 0.4) is 0 Å². The maximum absolute atomic E-state index is 8.74. The number of thiazole rings is 1. The van der Waals surface area contributed by atoms with E-state index in [1.165, 1.54) is 29.7 Å². The van der Waals surface area contributed by atoms with Gasteiger partial charge in [0.2, 0.25) is 0 Å². The van der Waals surface area contributed by atoms with Crippen molar-refractivity contribution in [1.82, 2.24) is 9.97 Å². The zero-order valence-corrected chi connectivity index (χ0v) is 21.5. The predicted molar refractivity (Wildman–Crippen MR) is 156 cm³/mol. The van der Waals surface area contributed by atoms with Gasteiger partial charge < -0.3 is 0 Å². The largest absolute Gasteiger partial charge is 0.256 e. The highest BCUT2D eigenvalue weighted by molar-refractivity contribution is 7.19. The fourth-order valence-corrected chi connectivity index (χ4v) is 5.40. The average Bonchev–Trinajstić information content (AvgIpc) is 3.40. The molecule has 0 amide bonds. The first-order valence-electron chi connectivity index (χ1n) is 17.2. The van der Waals surface area contributed by atoms with E-state index in [9.17, 15) is 0 Å². The van der Waals surface area contributed by atoms with Crippen molar-refractivity contribution < 1.29 is 15.1 Å². The van der Waals surface area contributed by atoms with Crippen LogP contribution in [0.2, 0.25) is 0 Å². The van der Waals surface area contributed by atoms with Crippen molar-refractivity contribution in [2.75, 3.05) is 0 Å². The topological polar surface area (TPSA) is 25.8 Å². The summed E-state index contributed by atoms with van der Waals surface area (Å²) in [6.07, 6.45) is -0.498. The van der Waals surface area contributed by atoms with Crippen molar-refractivity contribution in [1.29, 1.82) is 0 Å². The van der Waals surface area contributed by atoms with E-state index in [0.29, 0.717) is 37.6 Å². The minimum absolute atomic E-state index is 0.0870. The van der Waals surface area contributed by atoms with Gasteiger partial charge in [-0.2, -0.15) is 0 Å². The van der Waals surface area contributed by atoms with E-state index in [0.717, 1.165) is 5.56 Å². The Morgan fingerprint density at radius 3 is 2.39 bits per heavy atom. The SMILES string of the molecule is [2H]C([2H])([2H])c1cc(C)ccc1-c1ccc(-c2cc(-c3cccc4nc(C([2H])([2H])C(C)(C)C)sc34)ncc2C([2H])([2H])[2H])c(C([2H])([2H])[2H])c1. The van der Waals surface area contributed by atoms with Crippen LogP contribution in [-0.2, 0) is 6.37 Å². The van der Waals surface area contributed by atoms with Gasteiger partial charge >= 0.3 is 0 Å². The third-order valence-corrected chi connectivity index (χ3v) is 6.89. The molecule has 0 aliphatic heterocycles. The lowest BCUT2D eigenvalue weighted by atomic mass is 9.91. The first-order valence-corrected chi connectivity index (χ1v) is 12.5.